The molecule has 4 fully saturated rings. The number of fused-ring (bicyclic) bond motifs is 2. The van der Waals surface area contributed by atoms with Gasteiger partial charge in [0, 0.05) is 72.8 Å². The number of anilines is 2. The van der Waals surface area contributed by atoms with Crippen LogP contribution < -0.4 is 14.9 Å². The number of nitrogens with zero attached hydrogens (tertiary/aromatic N) is 4. The summed E-state index contributed by atoms with van der Waals surface area (Å²) in [6.45, 7) is 5.47. The number of likely N-dealkylation sites (tertiary alicyclic amines) is 1. The lowest BCUT2D eigenvalue weighted by Gasteiger charge is -2.38. The molecule has 2 unspecified atom stereocenters. The summed E-state index contributed by atoms with van der Waals surface area (Å²) in [5, 5.41) is 1.66. The van der Waals surface area contributed by atoms with Crippen molar-refractivity contribution in [3.8, 4) is 11.1 Å². The van der Waals surface area contributed by atoms with E-state index in [0.29, 0.717) is 47.0 Å². The van der Waals surface area contributed by atoms with Gasteiger partial charge >= 0.3 is 0 Å². The average Bonchev–Trinajstić information content (AvgIpc) is 4.05. The molecule has 4 aliphatic heterocycles. The van der Waals surface area contributed by atoms with Crippen LogP contribution in [0.1, 0.15) is 95.2 Å². The molecule has 6 heterocycles. The average molecular weight is 936 g/mol. The molecule has 17 heteroatoms. The van der Waals surface area contributed by atoms with Crippen LogP contribution in [0.2, 0.25) is 0 Å². The molecular formula is C50H52F3N7O6S. The van der Waals surface area contributed by atoms with Crippen molar-refractivity contribution < 1.29 is 40.8 Å². The Labute approximate surface area is 386 Å². The quantitative estimate of drug-likeness (QED) is 0.0860. The third-order valence-corrected chi connectivity index (χ3v) is 16.4. The maximum absolute atomic E-state index is 15.8. The van der Waals surface area contributed by atoms with Gasteiger partial charge in [-0.1, -0.05) is 24.3 Å². The normalized spacial score (nSPS) is 22.1. The van der Waals surface area contributed by atoms with Crippen molar-refractivity contribution in [1.29, 1.82) is 0 Å². The molecule has 0 spiro atoms. The van der Waals surface area contributed by atoms with E-state index >= 15 is 8.78 Å². The predicted molar refractivity (Wildman–Crippen MR) is 247 cm³/mol. The molecule has 0 bridgehead atoms. The number of hydrogen-bond acceptors (Lipinski definition) is 9. The number of rotatable bonds is 12. The zero-order chi connectivity index (χ0) is 46.6. The van der Waals surface area contributed by atoms with Gasteiger partial charge in [0.15, 0.2) is 5.82 Å². The molecule has 3 atom stereocenters. The summed E-state index contributed by atoms with van der Waals surface area (Å²) in [7, 11) is -4.18. The van der Waals surface area contributed by atoms with Gasteiger partial charge in [-0.2, -0.15) is 0 Å². The van der Waals surface area contributed by atoms with E-state index in [9.17, 15) is 32.0 Å². The number of ketones is 1. The van der Waals surface area contributed by atoms with E-state index in [1.54, 1.807) is 17.2 Å². The SMILES string of the molecule is O=C1CCC(N2Cc3cc(N4CCC(CN5CCC(Cc6ccc(-c7cnc8[nH]cc(C(=O)c9c(F)ccc(NS(=O)(=O)C%10CC[C@@H](F)C%10)c9F)c8c7)cc6)CC5)CC4)ccc3C2=O)C(=O)N1. The molecule has 3 saturated heterocycles. The molecule has 67 heavy (non-hydrogen) atoms. The van der Waals surface area contributed by atoms with Crippen LogP contribution in [0.15, 0.2) is 73.1 Å². The summed E-state index contributed by atoms with van der Waals surface area (Å²) < 4.78 is 72.6. The molecule has 1 saturated carbocycles. The van der Waals surface area contributed by atoms with Crippen LogP contribution in [0.25, 0.3) is 22.2 Å². The van der Waals surface area contributed by atoms with E-state index in [-0.39, 0.29) is 43.1 Å². The highest BCUT2D eigenvalue weighted by molar-refractivity contribution is 7.93. The Balaban J connectivity index is 0.710. The van der Waals surface area contributed by atoms with Crippen LogP contribution in [0.5, 0.6) is 0 Å². The molecule has 350 valence electrons. The Morgan fingerprint density at radius 3 is 2.34 bits per heavy atom. The Morgan fingerprint density at radius 1 is 0.851 bits per heavy atom. The molecule has 3 aromatic carbocycles. The van der Waals surface area contributed by atoms with Crippen LogP contribution in [-0.2, 0) is 32.6 Å². The molecule has 1 aliphatic carbocycles. The fourth-order valence-electron chi connectivity index (χ4n) is 10.8. The fourth-order valence-corrected chi connectivity index (χ4v) is 12.3. The largest absolute Gasteiger partial charge is 0.372 e. The minimum Gasteiger partial charge on any atom is -0.372 e. The molecule has 13 nitrogen and oxygen atoms in total. The predicted octanol–water partition coefficient (Wildman–Crippen LogP) is 7.30. The Bertz CT molecular complexity index is 2880. The first-order valence-electron chi connectivity index (χ1n) is 23.3. The van der Waals surface area contributed by atoms with Crippen molar-refractivity contribution in [1.82, 2.24) is 25.1 Å². The second kappa shape index (κ2) is 18.2. The van der Waals surface area contributed by atoms with Crippen molar-refractivity contribution in [2.45, 2.75) is 88.2 Å². The zero-order valence-electron chi connectivity index (χ0n) is 36.9. The van der Waals surface area contributed by atoms with Crippen LogP contribution in [-0.4, -0.2) is 102 Å². The van der Waals surface area contributed by atoms with Crippen LogP contribution in [0.3, 0.4) is 0 Å². The first kappa shape index (κ1) is 44.7. The summed E-state index contributed by atoms with van der Waals surface area (Å²) in [5.74, 6) is -3.14. The van der Waals surface area contributed by atoms with Gasteiger partial charge in [-0.25, -0.2) is 26.6 Å². The second-order valence-electron chi connectivity index (χ2n) is 18.9. The van der Waals surface area contributed by atoms with Gasteiger partial charge in [-0.15, -0.1) is 0 Å². The number of aromatic amines is 1. The Morgan fingerprint density at radius 2 is 1.61 bits per heavy atom. The molecule has 5 aliphatic rings. The first-order chi connectivity index (χ1) is 32.3. The molecule has 3 N–H and O–H groups in total. The third kappa shape index (κ3) is 9.07. The lowest BCUT2D eigenvalue weighted by atomic mass is 9.88. The fraction of sp³-hybridized carbons (Fsp3) is 0.420. The van der Waals surface area contributed by atoms with Gasteiger partial charge in [0.25, 0.3) is 5.91 Å². The van der Waals surface area contributed by atoms with E-state index < -0.39 is 62.1 Å². The van der Waals surface area contributed by atoms with Gasteiger partial charge in [0.1, 0.15) is 23.7 Å². The molecule has 5 aromatic rings. The van der Waals surface area contributed by atoms with Crippen LogP contribution in [0, 0.1) is 23.5 Å². The molecule has 10 rings (SSSR count). The van der Waals surface area contributed by atoms with Crippen LogP contribution >= 0.6 is 0 Å². The smallest absolute Gasteiger partial charge is 0.255 e. The zero-order valence-corrected chi connectivity index (χ0v) is 37.7. The summed E-state index contributed by atoms with van der Waals surface area (Å²) >= 11 is 0. The molecule has 2 aromatic heterocycles. The minimum atomic E-state index is -4.18. The highest BCUT2D eigenvalue weighted by Crippen LogP contribution is 2.35. The molecule has 3 amide bonds. The van der Waals surface area contributed by atoms with E-state index in [0.717, 1.165) is 93.8 Å². The molecule has 0 radical (unpaired) electrons. The van der Waals surface area contributed by atoms with E-state index in [1.807, 2.05) is 24.3 Å². The summed E-state index contributed by atoms with van der Waals surface area (Å²) in [6, 6.07) is 17.1. The number of H-pyrrole nitrogens is 1. The van der Waals surface area contributed by atoms with Gasteiger partial charge in [-0.3, -0.25) is 29.2 Å². The number of pyridine rings is 1. The van der Waals surface area contributed by atoms with Gasteiger partial charge < -0.3 is 19.7 Å². The molecular weight excluding hydrogens is 884 g/mol. The van der Waals surface area contributed by atoms with E-state index in [4.69, 9.17) is 0 Å². The van der Waals surface area contributed by atoms with Gasteiger partial charge in [-0.05, 0) is 136 Å². The van der Waals surface area contributed by atoms with E-state index in [2.05, 4.69) is 48.0 Å². The monoisotopic (exact) mass is 935 g/mol. The minimum absolute atomic E-state index is 0.0240. The number of piperidine rings is 3. The highest BCUT2D eigenvalue weighted by Gasteiger charge is 2.40. The highest BCUT2D eigenvalue weighted by atomic mass is 32.2. The maximum Gasteiger partial charge on any atom is 0.255 e. The summed E-state index contributed by atoms with van der Waals surface area (Å²) in [5.41, 5.74) is 4.28. The number of halogens is 3. The second-order valence-corrected chi connectivity index (χ2v) is 20.9. The number of alkyl halides is 1. The number of imide groups is 1. The lowest BCUT2D eigenvalue weighted by Crippen LogP contribution is -2.52. The third-order valence-electron chi connectivity index (χ3n) is 14.6. The number of aromatic nitrogens is 2. The topological polar surface area (TPSA) is 165 Å². The number of nitrogens with one attached hydrogen (secondary N) is 3. The summed E-state index contributed by atoms with van der Waals surface area (Å²) in [6.07, 6.45) is 7.63. The Hall–Kier alpha value is -6.07. The number of carbonyl (C=O) groups excluding carboxylic acids is 4. The number of carbonyl (C=O) groups is 4. The van der Waals surface area contributed by atoms with Crippen molar-refractivity contribution >= 4 is 55.9 Å². The number of benzene rings is 3. The van der Waals surface area contributed by atoms with Crippen molar-refractivity contribution in [2.75, 3.05) is 42.3 Å². The summed E-state index contributed by atoms with van der Waals surface area (Å²) in [4.78, 5) is 65.0. The van der Waals surface area contributed by atoms with Crippen molar-refractivity contribution in [3.63, 3.8) is 0 Å². The van der Waals surface area contributed by atoms with E-state index in [1.165, 1.54) is 11.8 Å². The van der Waals surface area contributed by atoms with Crippen molar-refractivity contribution in [2.24, 2.45) is 11.8 Å². The Kier molecular flexibility index (Phi) is 12.2. The van der Waals surface area contributed by atoms with Crippen LogP contribution in [0.4, 0.5) is 24.5 Å². The van der Waals surface area contributed by atoms with Crippen molar-refractivity contribution in [3.05, 3.63) is 113 Å². The maximum atomic E-state index is 15.8. The number of hydrogen-bond donors (Lipinski definition) is 3. The lowest BCUT2D eigenvalue weighted by molar-refractivity contribution is -0.136. The number of amides is 3. The number of sulfonamides is 1. The van der Waals surface area contributed by atoms with Gasteiger partial charge in [0.05, 0.1) is 16.5 Å². The first-order valence-corrected chi connectivity index (χ1v) is 24.8. The standard InChI is InChI=1S/C50H52F3N7O6S/c51-35-5-7-37(24-35)67(65,66)57-42-10-9-41(52)45(46(42)53)47(62)40-26-55-48-39(40)23-33(25-54-48)32-3-1-29(2-4-32)21-30-13-17-58(18-14-30)27-31-15-19-59(20-16-31)36-6-8-38-34(22-36)28-60(50(38)64)43-11-12-44(61)56-49(43)63/h1-4,6,8-10,22-23,25-26,30-31,35,37,43,57H,5,7,11-21,24,27-28H2,(H,54,55)(H,56,61,63)/t35-,37?,43?/m1/s1. The van der Waals surface area contributed by atoms with Gasteiger partial charge in [0.2, 0.25) is 27.6 Å².